The van der Waals surface area contributed by atoms with Crippen LogP contribution in [-0.2, 0) is 17.1 Å². The number of rotatable bonds is 5. The molecule has 0 radical (unpaired) electrons. The molecule has 28 heavy (non-hydrogen) atoms. The molecular formula is C19H25N3O4S2. The second kappa shape index (κ2) is 8.59. The minimum Gasteiger partial charge on any atom is -0.495 e. The molecule has 1 amide bonds. The van der Waals surface area contributed by atoms with Crippen LogP contribution in [0.5, 0.6) is 5.75 Å². The summed E-state index contributed by atoms with van der Waals surface area (Å²) in [5, 5.41) is 1.82. The van der Waals surface area contributed by atoms with E-state index < -0.39 is 15.9 Å². The van der Waals surface area contributed by atoms with E-state index in [1.807, 2.05) is 5.38 Å². The van der Waals surface area contributed by atoms with Gasteiger partial charge in [-0.15, -0.1) is 11.3 Å². The zero-order chi connectivity index (χ0) is 20.3. The van der Waals surface area contributed by atoms with Crippen LogP contribution in [0.4, 0.5) is 0 Å². The largest absolute Gasteiger partial charge is 0.495 e. The number of hydrogen-bond acceptors (Lipinski definition) is 5. The highest BCUT2D eigenvalue weighted by Gasteiger charge is 2.29. The lowest BCUT2D eigenvalue weighted by Crippen LogP contribution is -2.41. The molecule has 1 saturated carbocycles. The SMILES string of the molecule is COc1ccc(C(=O)N=c2sccn2C)cc1S(=O)(=O)NC1CCCCC1C. The smallest absolute Gasteiger partial charge is 0.279 e. The first-order valence-corrected chi connectivity index (χ1v) is 11.6. The first-order chi connectivity index (χ1) is 13.3. The maximum atomic E-state index is 13.0. The fraction of sp³-hybridized carbons (Fsp3) is 0.474. The van der Waals surface area contributed by atoms with E-state index in [1.54, 1.807) is 17.8 Å². The van der Waals surface area contributed by atoms with Gasteiger partial charge in [0.15, 0.2) is 4.80 Å². The average Bonchev–Trinajstić information content (AvgIpc) is 3.07. The fourth-order valence-electron chi connectivity index (χ4n) is 3.36. The number of ether oxygens (including phenoxy) is 1. The molecule has 2 unspecified atom stereocenters. The van der Waals surface area contributed by atoms with Crippen LogP contribution in [-0.4, -0.2) is 32.0 Å². The number of benzene rings is 1. The molecule has 1 fully saturated rings. The summed E-state index contributed by atoms with van der Waals surface area (Å²) >= 11 is 1.33. The van der Waals surface area contributed by atoms with Gasteiger partial charge in [0.05, 0.1) is 7.11 Å². The minimum atomic E-state index is -3.83. The Kier molecular flexibility index (Phi) is 6.36. The van der Waals surface area contributed by atoms with Gasteiger partial charge in [0, 0.05) is 30.2 Å². The van der Waals surface area contributed by atoms with Gasteiger partial charge in [-0.3, -0.25) is 4.79 Å². The molecule has 0 saturated heterocycles. The number of nitrogens with zero attached hydrogens (tertiary/aromatic N) is 2. The topological polar surface area (TPSA) is 89.8 Å². The van der Waals surface area contributed by atoms with Crippen molar-refractivity contribution in [3.63, 3.8) is 0 Å². The minimum absolute atomic E-state index is 0.0376. The Morgan fingerprint density at radius 1 is 1.32 bits per heavy atom. The van der Waals surface area contributed by atoms with E-state index in [4.69, 9.17) is 4.74 Å². The second-order valence-corrected chi connectivity index (χ2v) is 9.62. The first-order valence-electron chi connectivity index (χ1n) is 9.21. The summed E-state index contributed by atoms with van der Waals surface area (Å²) in [6.07, 6.45) is 5.74. The van der Waals surface area contributed by atoms with E-state index in [2.05, 4.69) is 16.6 Å². The molecule has 1 N–H and O–H groups in total. The molecule has 152 valence electrons. The van der Waals surface area contributed by atoms with Gasteiger partial charge in [0.1, 0.15) is 10.6 Å². The standard InChI is InChI=1S/C19H25N3O4S2/c1-13-6-4-5-7-15(13)21-28(24,25)17-12-14(8-9-16(17)26-3)18(23)20-19-22(2)10-11-27-19/h8-13,15,21H,4-7H2,1-3H3. The first kappa shape index (κ1) is 20.8. The van der Waals surface area contributed by atoms with Crippen LogP contribution in [0.3, 0.4) is 0 Å². The summed E-state index contributed by atoms with van der Waals surface area (Å²) in [6.45, 7) is 2.06. The van der Waals surface area contributed by atoms with Gasteiger partial charge in [-0.25, -0.2) is 13.1 Å². The number of methoxy groups -OCH3 is 1. The Morgan fingerprint density at radius 2 is 2.07 bits per heavy atom. The van der Waals surface area contributed by atoms with Gasteiger partial charge >= 0.3 is 0 Å². The predicted octanol–water partition coefficient (Wildman–Crippen LogP) is 2.69. The number of carbonyl (C=O) groups is 1. The van der Waals surface area contributed by atoms with E-state index in [1.165, 1.54) is 36.6 Å². The monoisotopic (exact) mass is 423 g/mol. The summed E-state index contributed by atoms with van der Waals surface area (Å²) in [7, 11) is -0.628. The Morgan fingerprint density at radius 3 is 2.71 bits per heavy atom. The molecule has 7 nitrogen and oxygen atoms in total. The van der Waals surface area contributed by atoms with Crippen molar-refractivity contribution in [2.45, 2.75) is 43.5 Å². The summed E-state index contributed by atoms with van der Waals surface area (Å²) in [6, 6.07) is 4.25. The fourth-order valence-corrected chi connectivity index (χ4v) is 5.66. The van der Waals surface area contributed by atoms with Crippen molar-refractivity contribution in [3.05, 3.63) is 40.1 Å². The van der Waals surface area contributed by atoms with Crippen molar-refractivity contribution in [1.82, 2.24) is 9.29 Å². The van der Waals surface area contributed by atoms with E-state index >= 15 is 0 Å². The van der Waals surface area contributed by atoms with Crippen LogP contribution in [0.25, 0.3) is 0 Å². The van der Waals surface area contributed by atoms with E-state index in [-0.39, 0.29) is 28.2 Å². The zero-order valence-electron chi connectivity index (χ0n) is 16.2. The molecule has 1 aliphatic carbocycles. The highest BCUT2D eigenvalue weighted by molar-refractivity contribution is 7.89. The number of amides is 1. The molecule has 1 aromatic carbocycles. The Hall–Kier alpha value is -1.97. The van der Waals surface area contributed by atoms with Gasteiger partial charge in [0.2, 0.25) is 10.0 Å². The number of sulfonamides is 1. The zero-order valence-corrected chi connectivity index (χ0v) is 17.8. The molecular weight excluding hydrogens is 398 g/mol. The van der Waals surface area contributed by atoms with Crippen molar-refractivity contribution in [2.75, 3.05) is 7.11 Å². The number of thiazole rings is 1. The van der Waals surface area contributed by atoms with Gasteiger partial charge < -0.3 is 9.30 Å². The van der Waals surface area contributed by atoms with E-state index in [0.29, 0.717) is 4.80 Å². The maximum absolute atomic E-state index is 13.0. The van der Waals surface area contributed by atoms with Crippen molar-refractivity contribution < 1.29 is 17.9 Å². The molecule has 1 aliphatic rings. The van der Waals surface area contributed by atoms with Crippen LogP contribution in [0.15, 0.2) is 39.7 Å². The number of aromatic nitrogens is 1. The van der Waals surface area contributed by atoms with Crippen LogP contribution in [0.2, 0.25) is 0 Å². The summed E-state index contributed by atoms with van der Waals surface area (Å²) < 4.78 is 35.9. The normalized spacial score (nSPS) is 20.9. The van der Waals surface area contributed by atoms with Gasteiger partial charge in [0.25, 0.3) is 5.91 Å². The van der Waals surface area contributed by atoms with Crippen molar-refractivity contribution in [2.24, 2.45) is 18.0 Å². The van der Waals surface area contributed by atoms with E-state index in [9.17, 15) is 13.2 Å². The number of hydrogen-bond donors (Lipinski definition) is 1. The summed E-state index contributed by atoms with van der Waals surface area (Å²) in [5.74, 6) is -0.0226. The van der Waals surface area contributed by atoms with E-state index in [0.717, 1.165) is 25.7 Å². The predicted molar refractivity (Wildman–Crippen MR) is 108 cm³/mol. The highest BCUT2D eigenvalue weighted by Crippen LogP contribution is 2.29. The molecule has 0 aliphatic heterocycles. The number of nitrogens with one attached hydrogen (secondary N) is 1. The Bertz CT molecular complexity index is 1020. The third kappa shape index (κ3) is 4.53. The maximum Gasteiger partial charge on any atom is 0.279 e. The highest BCUT2D eigenvalue weighted by atomic mass is 32.2. The summed E-state index contributed by atoms with van der Waals surface area (Å²) in [4.78, 5) is 17.1. The van der Waals surface area contributed by atoms with Crippen molar-refractivity contribution >= 4 is 27.3 Å². The molecule has 1 heterocycles. The lowest BCUT2D eigenvalue weighted by Gasteiger charge is -2.29. The molecule has 3 rings (SSSR count). The third-order valence-corrected chi connectivity index (χ3v) is 7.43. The lowest BCUT2D eigenvalue weighted by atomic mass is 9.87. The molecule has 0 spiro atoms. The molecule has 1 aromatic heterocycles. The Labute approximate surface area is 169 Å². The second-order valence-electron chi connectivity index (χ2n) is 7.07. The third-order valence-electron chi connectivity index (χ3n) is 5.07. The number of aryl methyl sites for hydroxylation is 1. The molecule has 9 heteroatoms. The Balaban J connectivity index is 1.94. The van der Waals surface area contributed by atoms with Crippen molar-refractivity contribution in [1.29, 1.82) is 0 Å². The van der Waals surface area contributed by atoms with Crippen LogP contribution in [0, 0.1) is 5.92 Å². The number of carbonyl (C=O) groups excluding carboxylic acids is 1. The lowest BCUT2D eigenvalue weighted by molar-refractivity contribution is 0.0997. The van der Waals surface area contributed by atoms with Gasteiger partial charge in [-0.05, 0) is 37.0 Å². The van der Waals surface area contributed by atoms with Gasteiger partial charge in [-0.2, -0.15) is 4.99 Å². The van der Waals surface area contributed by atoms with Crippen LogP contribution < -0.4 is 14.3 Å². The molecule has 2 atom stereocenters. The average molecular weight is 424 g/mol. The van der Waals surface area contributed by atoms with Gasteiger partial charge in [-0.1, -0.05) is 19.8 Å². The van der Waals surface area contributed by atoms with Crippen molar-refractivity contribution in [3.8, 4) is 5.75 Å². The van der Waals surface area contributed by atoms with Crippen LogP contribution in [0.1, 0.15) is 43.0 Å². The summed E-state index contributed by atoms with van der Waals surface area (Å²) in [5.41, 5.74) is 0.200. The van der Waals surface area contributed by atoms with Crippen LogP contribution >= 0.6 is 11.3 Å². The molecule has 2 aromatic rings. The molecule has 0 bridgehead atoms. The quantitative estimate of drug-likeness (QED) is 0.801.